The summed E-state index contributed by atoms with van der Waals surface area (Å²) in [5.74, 6) is 0. The first-order valence-electron chi connectivity index (χ1n) is 13.2. The zero-order valence-electron chi connectivity index (χ0n) is 21.7. The minimum atomic E-state index is -0.198. The zero-order chi connectivity index (χ0) is 26.3. The van der Waals surface area contributed by atoms with Crippen LogP contribution in [0.1, 0.15) is 30.5 Å². The van der Waals surface area contributed by atoms with Crippen LogP contribution in [0, 0.1) is 11.3 Å². The van der Waals surface area contributed by atoms with Crippen molar-refractivity contribution in [3.05, 3.63) is 126 Å². The SMILES string of the molecule is CC1(C)c2cc(C#N)ccc2-c2ccc(-n3c4ccccc4c4c5cnn(-c6ccccc6)c5ccc43)cc21. The number of hydrogen-bond donors (Lipinski definition) is 0. The average Bonchev–Trinajstić information content (AvgIpc) is 3.62. The molecule has 0 amide bonds. The summed E-state index contributed by atoms with van der Waals surface area (Å²) in [7, 11) is 0. The van der Waals surface area contributed by atoms with Gasteiger partial charge in [0, 0.05) is 27.3 Å². The second-order valence-corrected chi connectivity index (χ2v) is 10.9. The lowest BCUT2D eigenvalue weighted by Gasteiger charge is -2.22. The molecule has 0 saturated carbocycles. The van der Waals surface area contributed by atoms with Gasteiger partial charge in [0.2, 0.25) is 0 Å². The van der Waals surface area contributed by atoms with Crippen LogP contribution in [0.3, 0.4) is 0 Å². The third-order valence-electron chi connectivity index (χ3n) is 8.43. The number of hydrogen-bond acceptors (Lipinski definition) is 2. The van der Waals surface area contributed by atoms with E-state index in [1.54, 1.807) is 0 Å². The van der Waals surface area contributed by atoms with Crippen LogP contribution >= 0.6 is 0 Å². The van der Waals surface area contributed by atoms with Gasteiger partial charge in [-0.3, -0.25) is 0 Å². The van der Waals surface area contributed by atoms with E-state index in [0.717, 1.165) is 27.8 Å². The molecule has 0 saturated heterocycles. The van der Waals surface area contributed by atoms with Crippen molar-refractivity contribution in [1.82, 2.24) is 14.3 Å². The molecule has 0 N–H and O–H groups in total. The first-order chi connectivity index (χ1) is 19.1. The maximum absolute atomic E-state index is 9.51. The number of nitrogens with zero attached hydrogens (tertiary/aromatic N) is 4. The predicted octanol–water partition coefficient (Wildman–Crippen LogP) is 8.30. The van der Waals surface area contributed by atoms with Crippen molar-refractivity contribution in [2.45, 2.75) is 19.3 Å². The van der Waals surface area contributed by atoms with Gasteiger partial charge in [-0.05, 0) is 76.9 Å². The van der Waals surface area contributed by atoms with Crippen molar-refractivity contribution in [2.75, 3.05) is 0 Å². The monoisotopic (exact) mass is 500 g/mol. The van der Waals surface area contributed by atoms with Crippen LogP contribution in [0.4, 0.5) is 0 Å². The van der Waals surface area contributed by atoms with Crippen LogP contribution < -0.4 is 0 Å². The van der Waals surface area contributed by atoms with Gasteiger partial charge in [-0.25, -0.2) is 4.68 Å². The van der Waals surface area contributed by atoms with Gasteiger partial charge in [0.25, 0.3) is 0 Å². The smallest absolute Gasteiger partial charge is 0.0991 e. The molecule has 0 unspecified atom stereocenters. The third-order valence-corrected chi connectivity index (χ3v) is 8.43. The fraction of sp³-hybridized carbons (Fsp3) is 0.0857. The van der Waals surface area contributed by atoms with Gasteiger partial charge < -0.3 is 4.57 Å². The Morgan fingerprint density at radius 3 is 2.21 bits per heavy atom. The van der Waals surface area contributed by atoms with Gasteiger partial charge in [-0.2, -0.15) is 10.4 Å². The summed E-state index contributed by atoms with van der Waals surface area (Å²) in [6, 6.07) is 38.5. The molecule has 0 spiro atoms. The van der Waals surface area contributed by atoms with E-state index < -0.39 is 0 Å². The Bertz CT molecular complexity index is 2150. The largest absolute Gasteiger partial charge is 0.309 e. The Morgan fingerprint density at radius 1 is 0.667 bits per heavy atom. The van der Waals surface area contributed by atoms with Crippen LogP contribution in [0.5, 0.6) is 0 Å². The number of aromatic nitrogens is 3. The topological polar surface area (TPSA) is 46.5 Å². The molecule has 0 aliphatic heterocycles. The molecule has 7 aromatic rings. The molecular formula is C35H24N4. The lowest BCUT2D eigenvalue weighted by molar-refractivity contribution is 0.659. The Hall–Kier alpha value is -5.14. The molecule has 39 heavy (non-hydrogen) atoms. The standard InChI is InChI=1S/C35H24N4/c1-35(2)29-18-22(20-36)12-14-25(29)26-15-13-24(19-30(26)35)38-31-11-7-6-10-27(31)34-28-21-37-39(23-8-4-3-5-9-23)32(28)16-17-33(34)38/h3-19,21H,1-2H3. The summed E-state index contributed by atoms with van der Waals surface area (Å²) >= 11 is 0. The van der Waals surface area contributed by atoms with E-state index in [0.29, 0.717) is 5.56 Å². The van der Waals surface area contributed by atoms with Gasteiger partial charge in [-0.15, -0.1) is 0 Å². The minimum absolute atomic E-state index is 0.198. The van der Waals surface area contributed by atoms with E-state index in [2.05, 4.69) is 103 Å². The summed E-state index contributed by atoms with van der Waals surface area (Å²) in [6.45, 7) is 4.52. The number of rotatable bonds is 2. The van der Waals surface area contributed by atoms with Gasteiger partial charge >= 0.3 is 0 Å². The number of benzene rings is 5. The molecule has 0 atom stereocenters. The molecule has 5 aromatic carbocycles. The van der Waals surface area contributed by atoms with E-state index in [4.69, 9.17) is 5.10 Å². The molecule has 4 heteroatoms. The van der Waals surface area contributed by atoms with Crippen LogP contribution in [0.25, 0.3) is 55.2 Å². The second kappa shape index (κ2) is 7.69. The summed E-state index contributed by atoms with van der Waals surface area (Å²) in [5, 5.41) is 17.9. The van der Waals surface area contributed by atoms with E-state index in [-0.39, 0.29) is 5.41 Å². The second-order valence-electron chi connectivity index (χ2n) is 10.9. The van der Waals surface area contributed by atoms with E-state index in [1.165, 1.54) is 38.5 Å². The van der Waals surface area contributed by atoms with Gasteiger partial charge in [0.15, 0.2) is 0 Å². The molecule has 0 bridgehead atoms. The highest BCUT2D eigenvalue weighted by Crippen LogP contribution is 2.50. The van der Waals surface area contributed by atoms with Crippen molar-refractivity contribution >= 4 is 32.7 Å². The predicted molar refractivity (Wildman–Crippen MR) is 158 cm³/mol. The molecule has 184 valence electrons. The number of para-hydroxylation sites is 2. The highest BCUT2D eigenvalue weighted by atomic mass is 15.3. The quantitative estimate of drug-likeness (QED) is 0.240. The summed E-state index contributed by atoms with van der Waals surface area (Å²) in [5.41, 5.74) is 11.1. The van der Waals surface area contributed by atoms with Gasteiger partial charge in [0.1, 0.15) is 0 Å². The normalized spacial score (nSPS) is 13.6. The van der Waals surface area contributed by atoms with Gasteiger partial charge in [0.05, 0.1) is 40.1 Å². The third kappa shape index (κ3) is 2.90. The van der Waals surface area contributed by atoms with Crippen LogP contribution in [-0.2, 0) is 5.41 Å². The van der Waals surface area contributed by atoms with Crippen LogP contribution in [-0.4, -0.2) is 14.3 Å². The van der Waals surface area contributed by atoms with E-state index >= 15 is 0 Å². The lowest BCUT2D eigenvalue weighted by atomic mass is 9.82. The first-order valence-corrected chi connectivity index (χ1v) is 13.2. The molecule has 0 radical (unpaired) electrons. The Morgan fingerprint density at radius 2 is 1.38 bits per heavy atom. The van der Waals surface area contributed by atoms with Crippen molar-refractivity contribution in [3.63, 3.8) is 0 Å². The van der Waals surface area contributed by atoms with Crippen molar-refractivity contribution in [2.24, 2.45) is 0 Å². The fourth-order valence-corrected chi connectivity index (χ4v) is 6.56. The number of fused-ring (bicyclic) bond motifs is 8. The highest BCUT2D eigenvalue weighted by Gasteiger charge is 2.36. The summed E-state index contributed by atoms with van der Waals surface area (Å²) < 4.78 is 4.40. The fourth-order valence-electron chi connectivity index (χ4n) is 6.56. The maximum atomic E-state index is 9.51. The van der Waals surface area contributed by atoms with E-state index in [1.807, 2.05) is 35.1 Å². The molecule has 1 aliphatic carbocycles. The van der Waals surface area contributed by atoms with E-state index in [9.17, 15) is 5.26 Å². The molecule has 8 rings (SSSR count). The first kappa shape index (κ1) is 21.9. The van der Waals surface area contributed by atoms with Crippen LogP contribution in [0.2, 0.25) is 0 Å². The van der Waals surface area contributed by atoms with Crippen molar-refractivity contribution in [1.29, 1.82) is 5.26 Å². The Kier molecular flexibility index (Phi) is 4.32. The Labute approximate surface area is 226 Å². The highest BCUT2D eigenvalue weighted by molar-refractivity contribution is 6.20. The molecule has 4 nitrogen and oxygen atoms in total. The Balaban J connectivity index is 1.39. The molecule has 0 fully saturated rings. The summed E-state index contributed by atoms with van der Waals surface area (Å²) in [6.07, 6.45) is 2.00. The molecule has 2 heterocycles. The number of nitriles is 1. The molecule has 1 aliphatic rings. The molecule has 2 aromatic heterocycles. The van der Waals surface area contributed by atoms with Crippen LogP contribution in [0.15, 0.2) is 109 Å². The van der Waals surface area contributed by atoms with Gasteiger partial charge in [-0.1, -0.05) is 62.4 Å². The maximum Gasteiger partial charge on any atom is 0.0991 e. The average molecular weight is 501 g/mol. The van der Waals surface area contributed by atoms with Crippen molar-refractivity contribution in [3.8, 4) is 28.6 Å². The summed E-state index contributed by atoms with van der Waals surface area (Å²) in [4.78, 5) is 0. The lowest BCUT2D eigenvalue weighted by Crippen LogP contribution is -2.15. The zero-order valence-corrected chi connectivity index (χ0v) is 21.7. The van der Waals surface area contributed by atoms with Crippen molar-refractivity contribution < 1.29 is 0 Å². The molecular weight excluding hydrogens is 476 g/mol. The minimum Gasteiger partial charge on any atom is -0.309 e.